The Bertz CT molecular complexity index is 155. The second kappa shape index (κ2) is 2.75. The Balaban J connectivity index is 2.90. The second-order valence-corrected chi connectivity index (χ2v) is 5.73. The molecule has 0 bridgehead atoms. The van der Waals surface area contributed by atoms with Gasteiger partial charge in [0.1, 0.15) is 0 Å². The van der Waals surface area contributed by atoms with Crippen LogP contribution in [0.15, 0.2) is 0 Å². The number of hydrogen-bond donors (Lipinski definition) is 0. The molecular formula is C12H24. The predicted molar refractivity (Wildman–Crippen MR) is 55.1 cm³/mol. The lowest BCUT2D eigenvalue weighted by molar-refractivity contribution is -0.127. The highest BCUT2D eigenvalue weighted by Crippen LogP contribution is 2.64. The van der Waals surface area contributed by atoms with Gasteiger partial charge in [-0.25, -0.2) is 0 Å². The lowest BCUT2D eigenvalue weighted by Crippen LogP contribution is -2.54. The highest BCUT2D eigenvalue weighted by atomic mass is 14.6. The van der Waals surface area contributed by atoms with Crippen LogP contribution in [0.4, 0.5) is 0 Å². The monoisotopic (exact) mass is 168 g/mol. The van der Waals surface area contributed by atoms with Gasteiger partial charge in [-0.15, -0.1) is 0 Å². The molecule has 0 atom stereocenters. The van der Waals surface area contributed by atoms with Crippen molar-refractivity contribution >= 4 is 0 Å². The molecule has 0 N–H and O–H groups in total. The van der Waals surface area contributed by atoms with E-state index in [1.165, 1.54) is 12.8 Å². The predicted octanol–water partition coefficient (Wildman–Crippen LogP) is 4.10. The van der Waals surface area contributed by atoms with Crippen LogP contribution in [0.2, 0.25) is 0 Å². The summed E-state index contributed by atoms with van der Waals surface area (Å²) in [5.74, 6) is 1.67. The third-order valence-corrected chi connectivity index (χ3v) is 4.48. The molecule has 0 aliphatic heterocycles. The molecule has 0 amide bonds. The van der Waals surface area contributed by atoms with Crippen LogP contribution in [0.25, 0.3) is 0 Å². The van der Waals surface area contributed by atoms with E-state index >= 15 is 0 Å². The SMILES string of the molecule is CC(C)C1(C(C)C)CCC1(C)C. The van der Waals surface area contributed by atoms with E-state index in [-0.39, 0.29) is 0 Å². The van der Waals surface area contributed by atoms with Crippen LogP contribution in [0.3, 0.4) is 0 Å². The Kier molecular flexibility index (Phi) is 2.31. The summed E-state index contributed by atoms with van der Waals surface area (Å²) in [7, 11) is 0. The van der Waals surface area contributed by atoms with Crippen LogP contribution in [-0.2, 0) is 0 Å². The van der Waals surface area contributed by atoms with Crippen LogP contribution in [0, 0.1) is 22.7 Å². The summed E-state index contributed by atoms with van der Waals surface area (Å²) in [5, 5.41) is 0. The van der Waals surface area contributed by atoms with Crippen molar-refractivity contribution in [3.8, 4) is 0 Å². The topological polar surface area (TPSA) is 0 Å². The van der Waals surface area contributed by atoms with Crippen molar-refractivity contribution in [2.24, 2.45) is 22.7 Å². The summed E-state index contributed by atoms with van der Waals surface area (Å²) in [6.07, 6.45) is 2.86. The highest BCUT2D eigenvalue weighted by Gasteiger charge is 2.55. The van der Waals surface area contributed by atoms with Crippen molar-refractivity contribution in [1.29, 1.82) is 0 Å². The Morgan fingerprint density at radius 1 is 0.833 bits per heavy atom. The van der Waals surface area contributed by atoms with E-state index in [0.29, 0.717) is 10.8 Å². The van der Waals surface area contributed by atoms with Gasteiger partial charge in [0.05, 0.1) is 0 Å². The molecule has 0 heterocycles. The van der Waals surface area contributed by atoms with Crippen molar-refractivity contribution in [3.63, 3.8) is 0 Å². The van der Waals surface area contributed by atoms with Gasteiger partial charge in [-0.1, -0.05) is 41.5 Å². The molecule has 1 rings (SSSR count). The van der Waals surface area contributed by atoms with E-state index in [1.807, 2.05) is 0 Å². The summed E-state index contributed by atoms with van der Waals surface area (Å²) in [6.45, 7) is 14.4. The average Bonchev–Trinajstić information content (AvgIpc) is 1.84. The standard InChI is InChI=1S/C12H24/c1-9(2)12(10(3)4)8-7-11(12,5)6/h9-10H,7-8H2,1-6H3. The molecule has 1 fully saturated rings. The largest absolute Gasteiger partial charge is 0.0622 e. The summed E-state index contributed by atoms with van der Waals surface area (Å²) in [5.41, 5.74) is 1.20. The molecule has 72 valence electrons. The van der Waals surface area contributed by atoms with Gasteiger partial charge in [0.25, 0.3) is 0 Å². The van der Waals surface area contributed by atoms with Crippen LogP contribution >= 0.6 is 0 Å². The fourth-order valence-electron chi connectivity index (χ4n) is 3.72. The van der Waals surface area contributed by atoms with Gasteiger partial charge < -0.3 is 0 Å². The third kappa shape index (κ3) is 1.03. The zero-order chi connectivity index (χ0) is 9.57. The van der Waals surface area contributed by atoms with Gasteiger partial charge >= 0.3 is 0 Å². The Hall–Kier alpha value is 0. The molecule has 0 spiro atoms. The molecule has 0 unspecified atom stereocenters. The zero-order valence-electron chi connectivity index (χ0n) is 9.57. The van der Waals surface area contributed by atoms with Gasteiger partial charge in [-0.3, -0.25) is 0 Å². The number of rotatable bonds is 2. The highest BCUT2D eigenvalue weighted by molar-refractivity contribution is 5.04. The third-order valence-electron chi connectivity index (χ3n) is 4.48. The van der Waals surface area contributed by atoms with Crippen molar-refractivity contribution < 1.29 is 0 Å². The molecule has 1 saturated carbocycles. The van der Waals surface area contributed by atoms with Crippen LogP contribution < -0.4 is 0 Å². The molecule has 12 heavy (non-hydrogen) atoms. The molecule has 0 radical (unpaired) electrons. The fraction of sp³-hybridized carbons (Fsp3) is 1.00. The minimum absolute atomic E-state index is 0.579. The number of hydrogen-bond acceptors (Lipinski definition) is 0. The van der Waals surface area contributed by atoms with Gasteiger partial charge in [0.15, 0.2) is 0 Å². The summed E-state index contributed by atoms with van der Waals surface area (Å²) in [4.78, 5) is 0. The summed E-state index contributed by atoms with van der Waals surface area (Å²) >= 11 is 0. The van der Waals surface area contributed by atoms with Gasteiger partial charge in [-0.2, -0.15) is 0 Å². The van der Waals surface area contributed by atoms with E-state index in [1.54, 1.807) is 0 Å². The van der Waals surface area contributed by atoms with Gasteiger partial charge in [0, 0.05) is 0 Å². The quantitative estimate of drug-likeness (QED) is 0.582. The van der Waals surface area contributed by atoms with E-state index in [9.17, 15) is 0 Å². The maximum atomic E-state index is 2.44. The molecule has 0 heteroatoms. The Morgan fingerprint density at radius 2 is 1.25 bits per heavy atom. The molecule has 1 aliphatic carbocycles. The van der Waals surface area contributed by atoms with E-state index in [0.717, 1.165) is 11.8 Å². The molecule has 1 aliphatic rings. The summed E-state index contributed by atoms with van der Waals surface area (Å²) in [6, 6.07) is 0. The van der Waals surface area contributed by atoms with Crippen molar-refractivity contribution in [3.05, 3.63) is 0 Å². The molecule has 0 saturated heterocycles. The molecule has 0 aromatic heterocycles. The van der Waals surface area contributed by atoms with Crippen molar-refractivity contribution in [1.82, 2.24) is 0 Å². The zero-order valence-corrected chi connectivity index (χ0v) is 9.57. The van der Waals surface area contributed by atoms with Crippen LogP contribution in [0.1, 0.15) is 54.4 Å². The maximum absolute atomic E-state index is 2.44. The second-order valence-electron chi connectivity index (χ2n) is 5.73. The van der Waals surface area contributed by atoms with E-state index in [2.05, 4.69) is 41.5 Å². The first kappa shape index (κ1) is 10.1. The maximum Gasteiger partial charge on any atom is -0.0200 e. The Labute approximate surface area is 77.7 Å². The molecule has 0 aromatic rings. The smallest absolute Gasteiger partial charge is 0.0200 e. The first-order valence-electron chi connectivity index (χ1n) is 5.34. The van der Waals surface area contributed by atoms with Crippen molar-refractivity contribution in [2.45, 2.75) is 54.4 Å². The molecular weight excluding hydrogens is 144 g/mol. The minimum atomic E-state index is 0.579. The minimum Gasteiger partial charge on any atom is -0.0622 e. The normalized spacial score (nSPS) is 26.0. The molecule has 0 nitrogen and oxygen atoms in total. The first-order valence-corrected chi connectivity index (χ1v) is 5.34. The lowest BCUT2D eigenvalue weighted by Gasteiger charge is -2.62. The Morgan fingerprint density at radius 3 is 1.25 bits per heavy atom. The molecule has 0 aromatic carbocycles. The average molecular weight is 168 g/mol. The van der Waals surface area contributed by atoms with Crippen molar-refractivity contribution in [2.75, 3.05) is 0 Å². The van der Waals surface area contributed by atoms with Crippen LogP contribution in [0.5, 0.6) is 0 Å². The lowest BCUT2D eigenvalue weighted by atomic mass is 9.43. The summed E-state index contributed by atoms with van der Waals surface area (Å²) < 4.78 is 0. The van der Waals surface area contributed by atoms with Gasteiger partial charge in [0.2, 0.25) is 0 Å². The van der Waals surface area contributed by atoms with Gasteiger partial charge in [-0.05, 0) is 35.5 Å². The van der Waals surface area contributed by atoms with Crippen LogP contribution in [-0.4, -0.2) is 0 Å². The van der Waals surface area contributed by atoms with E-state index in [4.69, 9.17) is 0 Å². The van der Waals surface area contributed by atoms with E-state index < -0.39 is 0 Å². The first-order chi connectivity index (χ1) is 5.34. The fourth-order valence-corrected chi connectivity index (χ4v) is 3.72.